The Labute approximate surface area is 130 Å². The van der Waals surface area contributed by atoms with Crippen molar-refractivity contribution in [2.45, 2.75) is 43.8 Å². The molecule has 1 heterocycles. The molecular weight excluding hydrogens is 372 g/mol. The summed E-state index contributed by atoms with van der Waals surface area (Å²) in [6, 6.07) is 5.98. The summed E-state index contributed by atoms with van der Waals surface area (Å²) in [5.74, 6) is 0.305. The highest BCUT2D eigenvalue weighted by Crippen LogP contribution is 2.47. The molecule has 1 aromatic rings. The Balaban J connectivity index is 1.79. The van der Waals surface area contributed by atoms with Crippen LogP contribution in [0.5, 0.6) is 0 Å². The second kappa shape index (κ2) is 5.47. The van der Waals surface area contributed by atoms with Crippen molar-refractivity contribution in [1.82, 2.24) is 0 Å². The maximum atomic E-state index is 10.7. The van der Waals surface area contributed by atoms with Gasteiger partial charge in [-0.3, -0.25) is 0 Å². The van der Waals surface area contributed by atoms with Gasteiger partial charge in [0.25, 0.3) is 0 Å². The molecule has 1 spiro atoms. The quantitative estimate of drug-likeness (QED) is 0.801. The smallest absolute Gasteiger partial charge is 0.0831 e. The van der Waals surface area contributed by atoms with Crippen molar-refractivity contribution >= 4 is 31.9 Å². The van der Waals surface area contributed by atoms with E-state index in [9.17, 15) is 5.11 Å². The summed E-state index contributed by atoms with van der Waals surface area (Å²) in [6.07, 6.45) is 5.12. The standard InChI is InChI=1S/C15H18Br2O2/c16-11-2-3-13(17)12(8-11)14(18)10-4-7-19-15(9-10)5-1-6-15/h2-3,8,10,14,18H,1,4-7,9H2. The normalized spacial score (nSPS) is 27.0. The monoisotopic (exact) mass is 388 g/mol. The highest BCUT2D eigenvalue weighted by atomic mass is 79.9. The number of benzene rings is 1. The van der Waals surface area contributed by atoms with Crippen LogP contribution in [-0.4, -0.2) is 17.3 Å². The van der Waals surface area contributed by atoms with E-state index in [-0.39, 0.29) is 5.60 Å². The average Bonchev–Trinajstić information content (AvgIpc) is 2.39. The van der Waals surface area contributed by atoms with Gasteiger partial charge in [-0.15, -0.1) is 0 Å². The van der Waals surface area contributed by atoms with Crippen LogP contribution < -0.4 is 0 Å². The van der Waals surface area contributed by atoms with E-state index in [2.05, 4.69) is 31.9 Å². The topological polar surface area (TPSA) is 29.5 Å². The van der Waals surface area contributed by atoms with Crippen molar-refractivity contribution in [3.63, 3.8) is 0 Å². The van der Waals surface area contributed by atoms with Gasteiger partial charge in [0, 0.05) is 15.6 Å². The first-order chi connectivity index (χ1) is 9.10. The van der Waals surface area contributed by atoms with Gasteiger partial charge in [-0.05, 0) is 61.8 Å². The van der Waals surface area contributed by atoms with E-state index in [1.54, 1.807) is 0 Å². The first kappa shape index (κ1) is 14.1. The van der Waals surface area contributed by atoms with Gasteiger partial charge in [-0.1, -0.05) is 31.9 Å². The highest BCUT2D eigenvalue weighted by Gasteiger charge is 2.44. The number of hydrogen-bond acceptors (Lipinski definition) is 2. The lowest BCUT2D eigenvalue weighted by Crippen LogP contribution is -2.46. The molecule has 0 radical (unpaired) electrons. The molecule has 2 fully saturated rings. The van der Waals surface area contributed by atoms with E-state index in [1.807, 2.05) is 18.2 Å². The van der Waals surface area contributed by atoms with Crippen molar-refractivity contribution in [2.24, 2.45) is 5.92 Å². The summed E-state index contributed by atoms with van der Waals surface area (Å²) < 4.78 is 7.93. The average molecular weight is 390 g/mol. The Kier molecular flexibility index (Phi) is 4.05. The van der Waals surface area contributed by atoms with Crippen LogP contribution >= 0.6 is 31.9 Å². The summed E-state index contributed by atoms with van der Waals surface area (Å²) in [5.41, 5.74) is 1.07. The third-order valence-electron chi connectivity index (χ3n) is 4.52. The molecule has 2 nitrogen and oxygen atoms in total. The molecule has 1 saturated heterocycles. The van der Waals surface area contributed by atoms with E-state index >= 15 is 0 Å². The lowest BCUT2D eigenvalue weighted by molar-refractivity contribution is -0.157. The van der Waals surface area contributed by atoms with E-state index < -0.39 is 6.10 Å². The fraction of sp³-hybridized carbons (Fsp3) is 0.600. The minimum atomic E-state index is -0.409. The molecular formula is C15H18Br2O2. The van der Waals surface area contributed by atoms with Gasteiger partial charge < -0.3 is 9.84 Å². The van der Waals surface area contributed by atoms with Gasteiger partial charge in [0.05, 0.1) is 11.7 Å². The van der Waals surface area contributed by atoms with Gasteiger partial charge in [0.2, 0.25) is 0 Å². The zero-order valence-electron chi connectivity index (χ0n) is 10.7. The second-order valence-electron chi connectivity index (χ2n) is 5.75. The van der Waals surface area contributed by atoms with Crippen molar-refractivity contribution in [1.29, 1.82) is 0 Å². The van der Waals surface area contributed by atoms with Crippen LogP contribution in [0.25, 0.3) is 0 Å². The zero-order chi connectivity index (χ0) is 13.5. The highest BCUT2D eigenvalue weighted by molar-refractivity contribution is 9.11. The lowest BCUT2D eigenvalue weighted by Gasteiger charge is -2.48. The van der Waals surface area contributed by atoms with Crippen LogP contribution in [0.2, 0.25) is 0 Å². The van der Waals surface area contributed by atoms with E-state index in [0.29, 0.717) is 5.92 Å². The molecule has 1 saturated carbocycles. The largest absolute Gasteiger partial charge is 0.388 e. The molecule has 4 heteroatoms. The fourth-order valence-electron chi connectivity index (χ4n) is 3.25. The molecule has 0 bridgehead atoms. The summed E-state index contributed by atoms with van der Waals surface area (Å²) >= 11 is 7.02. The van der Waals surface area contributed by atoms with Crippen molar-refractivity contribution in [3.8, 4) is 0 Å². The van der Waals surface area contributed by atoms with Crippen molar-refractivity contribution < 1.29 is 9.84 Å². The molecule has 104 valence electrons. The van der Waals surface area contributed by atoms with Crippen molar-refractivity contribution in [2.75, 3.05) is 6.61 Å². The predicted molar refractivity (Wildman–Crippen MR) is 82.1 cm³/mol. The van der Waals surface area contributed by atoms with Crippen LogP contribution in [0.1, 0.15) is 43.8 Å². The third kappa shape index (κ3) is 2.78. The maximum absolute atomic E-state index is 10.7. The van der Waals surface area contributed by atoms with Crippen LogP contribution in [0, 0.1) is 5.92 Å². The SMILES string of the molecule is OC(c1cc(Br)ccc1Br)C1CCOC2(CCC2)C1. The molecule has 2 unspecified atom stereocenters. The van der Waals surface area contributed by atoms with Gasteiger partial charge in [-0.2, -0.15) is 0 Å². The number of rotatable bonds is 2. The van der Waals surface area contributed by atoms with Gasteiger partial charge in [0.1, 0.15) is 0 Å². The van der Waals surface area contributed by atoms with E-state index in [0.717, 1.165) is 46.8 Å². The first-order valence-corrected chi connectivity index (χ1v) is 8.45. The third-order valence-corrected chi connectivity index (χ3v) is 5.73. The van der Waals surface area contributed by atoms with Gasteiger partial charge in [0.15, 0.2) is 0 Å². The van der Waals surface area contributed by atoms with Crippen LogP contribution in [-0.2, 0) is 4.74 Å². The first-order valence-electron chi connectivity index (χ1n) is 6.87. The Morgan fingerprint density at radius 2 is 2.11 bits per heavy atom. The molecule has 0 aromatic heterocycles. The molecule has 1 N–H and O–H groups in total. The molecule has 1 aliphatic heterocycles. The molecule has 2 atom stereocenters. The fourth-order valence-corrected chi connectivity index (χ4v) is 4.11. The summed E-state index contributed by atoms with van der Waals surface area (Å²) in [5, 5.41) is 10.7. The Hall–Kier alpha value is 0.1000. The zero-order valence-corrected chi connectivity index (χ0v) is 13.9. The van der Waals surface area contributed by atoms with Crippen LogP contribution in [0.15, 0.2) is 27.1 Å². The Morgan fingerprint density at radius 3 is 2.79 bits per heavy atom. The summed E-state index contributed by atoms with van der Waals surface area (Å²) in [7, 11) is 0. The molecule has 2 aliphatic rings. The maximum Gasteiger partial charge on any atom is 0.0831 e. The van der Waals surface area contributed by atoms with E-state index in [4.69, 9.17) is 4.74 Å². The Morgan fingerprint density at radius 1 is 1.32 bits per heavy atom. The minimum Gasteiger partial charge on any atom is -0.388 e. The second-order valence-corrected chi connectivity index (χ2v) is 7.52. The number of halogens is 2. The molecule has 3 rings (SSSR count). The molecule has 19 heavy (non-hydrogen) atoms. The minimum absolute atomic E-state index is 0.0857. The summed E-state index contributed by atoms with van der Waals surface area (Å²) in [4.78, 5) is 0. The van der Waals surface area contributed by atoms with Crippen molar-refractivity contribution in [3.05, 3.63) is 32.7 Å². The van der Waals surface area contributed by atoms with Gasteiger partial charge >= 0.3 is 0 Å². The number of hydrogen-bond donors (Lipinski definition) is 1. The van der Waals surface area contributed by atoms with Crippen LogP contribution in [0.4, 0.5) is 0 Å². The molecule has 0 amide bonds. The van der Waals surface area contributed by atoms with E-state index in [1.165, 1.54) is 6.42 Å². The number of aliphatic hydroxyl groups excluding tert-OH is 1. The van der Waals surface area contributed by atoms with Gasteiger partial charge in [-0.25, -0.2) is 0 Å². The number of ether oxygens (including phenoxy) is 1. The number of aliphatic hydroxyl groups is 1. The predicted octanol–water partition coefficient (Wildman–Crippen LogP) is 4.59. The lowest BCUT2D eigenvalue weighted by atomic mass is 9.70. The molecule has 1 aromatic carbocycles. The molecule has 1 aliphatic carbocycles. The summed E-state index contributed by atoms with van der Waals surface area (Å²) in [6.45, 7) is 0.785. The van der Waals surface area contributed by atoms with Crippen LogP contribution in [0.3, 0.4) is 0 Å². The Bertz CT molecular complexity index is 471.